The summed E-state index contributed by atoms with van der Waals surface area (Å²) in [5.41, 5.74) is 6.78. The molecule has 2 heterocycles. The van der Waals surface area contributed by atoms with Gasteiger partial charge in [-0.05, 0) is 0 Å². The Morgan fingerprint density at radius 2 is 1.88 bits per heavy atom. The van der Waals surface area contributed by atoms with Gasteiger partial charge in [-0.1, -0.05) is 0 Å². The Morgan fingerprint density at radius 3 is 2.35 bits per heavy atom. The SMILES string of the molecule is Nc1ncnc2nc[nH]c12.O=[PH](O)O[PH](=O)O. The zero-order valence-corrected chi connectivity index (χ0v) is 10.2. The van der Waals surface area contributed by atoms with Crippen LogP contribution in [0.25, 0.3) is 11.2 Å². The summed E-state index contributed by atoms with van der Waals surface area (Å²) < 4.78 is 22.3. The van der Waals surface area contributed by atoms with Gasteiger partial charge in [0.05, 0.1) is 6.33 Å². The molecule has 0 bridgehead atoms. The van der Waals surface area contributed by atoms with Crippen LogP contribution in [-0.4, -0.2) is 29.7 Å². The number of anilines is 1. The van der Waals surface area contributed by atoms with Gasteiger partial charge < -0.3 is 20.5 Å². The highest BCUT2D eigenvalue weighted by molar-refractivity contribution is 7.46. The van der Waals surface area contributed by atoms with E-state index < -0.39 is 16.5 Å². The molecule has 0 aliphatic carbocycles. The number of fused-ring (bicyclic) bond motifs is 1. The molecular formula is C5H9N5O5P2. The fraction of sp³-hybridized carbons (Fsp3) is 0. The van der Waals surface area contributed by atoms with Crippen LogP contribution in [0.1, 0.15) is 0 Å². The van der Waals surface area contributed by atoms with Crippen molar-refractivity contribution < 1.29 is 23.2 Å². The lowest BCUT2D eigenvalue weighted by atomic mass is 10.5. The van der Waals surface area contributed by atoms with Crippen LogP contribution in [0.2, 0.25) is 0 Å². The molecule has 94 valence electrons. The highest BCUT2D eigenvalue weighted by Gasteiger charge is 1.99. The van der Waals surface area contributed by atoms with Gasteiger partial charge in [0, 0.05) is 0 Å². The summed E-state index contributed by atoms with van der Waals surface area (Å²) in [5, 5.41) is 0. The summed E-state index contributed by atoms with van der Waals surface area (Å²) in [5.74, 6) is 0.433. The van der Waals surface area contributed by atoms with Crippen molar-refractivity contribution in [3.63, 3.8) is 0 Å². The van der Waals surface area contributed by atoms with Crippen molar-refractivity contribution in [1.82, 2.24) is 19.9 Å². The Labute approximate surface area is 95.8 Å². The molecule has 0 aliphatic rings. The molecule has 0 spiro atoms. The number of nitrogens with two attached hydrogens (primary N) is 1. The van der Waals surface area contributed by atoms with E-state index in [0.717, 1.165) is 0 Å². The van der Waals surface area contributed by atoms with E-state index >= 15 is 0 Å². The number of hydrogen-bond acceptors (Lipinski definition) is 7. The number of nitrogens with one attached hydrogen (secondary N) is 1. The first-order valence-corrected chi connectivity index (χ1v) is 6.56. The van der Waals surface area contributed by atoms with Crippen molar-refractivity contribution in [3.05, 3.63) is 12.7 Å². The van der Waals surface area contributed by atoms with Crippen LogP contribution in [0, 0.1) is 0 Å². The molecule has 10 nitrogen and oxygen atoms in total. The maximum absolute atomic E-state index is 9.44. The van der Waals surface area contributed by atoms with Gasteiger partial charge in [-0.25, -0.2) is 19.3 Å². The summed E-state index contributed by atoms with van der Waals surface area (Å²) >= 11 is 0. The van der Waals surface area contributed by atoms with Gasteiger partial charge in [0.15, 0.2) is 11.5 Å². The van der Waals surface area contributed by atoms with Crippen molar-refractivity contribution in [2.24, 2.45) is 0 Å². The highest BCUT2D eigenvalue weighted by Crippen LogP contribution is 2.30. The van der Waals surface area contributed by atoms with Gasteiger partial charge in [0.1, 0.15) is 11.8 Å². The van der Waals surface area contributed by atoms with Crippen LogP contribution in [0.5, 0.6) is 0 Å². The van der Waals surface area contributed by atoms with Gasteiger partial charge in [-0.15, -0.1) is 0 Å². The standard InChI is InChI=1S/C5H5N5.H4O5P2/c6-4-3-5(9-1-7-3)10-2-8-4;1-6(2)5-7(3)4/h1-2H,(H3,6,7,8,9,10);6-7H,(H,1,2)(H,3,4). The van der Waals surface area contributed by atoms with Crippen molar-refractivity contribution in [1.29, 1.82) is 0 Å². The number of aromatic amines is 1. The lowest BCUT2D eigenvalue weighted by molar-refractivity contribution is 0.371. The Kier molecular flexibility index (Phi) is 5.20. The second-order valence-electron chi connectivity index (χ2n) is 2.49. The molecule has 12 heteroatoms. The summed E-state index contributed by atoms with van der Waals surface area (Å²) in [7, 11) is -6.40. The highest BCUT2D eigenvalue weighted by atomic mass is 31.2. The fourth-order valence-corrected chi connectivity index (χ4v) is 1.46. The lowest BCUT2D eigenvalue weighted by Gasteiger charge is -1.89. The van der Waals surface area contributed by atoms with Crippen LogP contribution in [0.3, 0.4) is 0 Å². The van der Waals surface area contributed by atoms with E-state index in [4.69, 9.17) is 15.5 Å². The first-order valence-electron chi connectivity index (χ1n) is 4.04. The summed E-state index contributed by atoms with van der Waals surface area (Å²) in [6, 6.07) is 0. The van der Waals surface area contributed by atoms with E-state index in [0.29, 0.717) is 17.0 Å². The Bertz CT molecular complexity index is 532. The number of rotatable bonds is 2. The van der Waals surface area contributed by atoms with Crippen LogP contribution in [0.15, 0.2) is 12.7 Å². The lowest BCUT2D eigenvalue weighted by Crippen LogP contribution is -1.91. The maximum Gasteiger partial charge on any atom is 0.323 e. The van der Waals surface area contributed by atoms with Gasteiger partial charge >= 0.3 is 16.5 Å². The molecule has 0 fully saturated rings. The zero-order valence-electron chi connectivity index (χ0n) is 8.19. The Morgan fingerprint density at radius 1 is 1.24 bits per heavy atom. The smallest absolute Gasteiger partial charge is 0.323 e. The third-order valence-electron chi connectivity index (χ3n) is 1.43. The van der Waals surface area contributed by atoms with E-state index in [9.17, 15) is 9.13 Å². The zero-order chi connectivity index (χ0) is 12.8. The molecule has 5 N–H and O–H groups in total. The number of nitrogen functional groups attached to an aromatic ring is 1. The van der Waals surface area contributed by atoms with Gasteiger partial charge in [0.25, 0.3) is 0 Å². The van der Waals surface area contributed by atoms with Gasteiger partial charge in [0.2, 0.25) is 0 Å². The normalized spacial score (nSPS) is 13.8. The number of nitrogens with zero attached hydrogens (tertiary/aromatic N) is 3. The van der Waals surface area contributed by atoms with E-state index in [1.54, 1.807) is 0 Å². The number of H-pyrrole nitrogens is 1. The largest absolute Gasteiger partial charge is 0.382 e. The van der Waals surface area contributed by atoms with Crippen molar-refractivity contribution in [2.75, 3.05) is 5.73 Å². The summed E-state index contributed by atoms with van der Waals surface area (Å²) in [4.78, 5) is 29.8. The van der Waals surface area contributed by atoms with Crippen LogP contribution in [-0.2, 0) is 13.4 Å². The minimum Gasteiger partial charge on any atom is -0.382 e. The van der Waals surface area contributed by atoms with Crippen molar-refractivity contribution in [2.45, 2.75) is 0 Å². The molecule has 0 radical (unpaired) electrons. The van der Waals surface area contributed by atoms with Crippen LogP contribution < -0.4 is 5.73 Å². The second-order valence-corrected chi connectivity index (χ2v) is 4.37. The van der Waals surface area contributed by atoms with Crippen LogP contribution in [0.4, 0.5) is 5.82 Å². The monoisotopic (exact) mass is 281 g/mol. The Balaban J connectivity index is 0.000000185. The minimum atomic E-state index is -3.20. The summed E-state index contributed by atoms with van der Waals surface area (Å²) in [6.07, 6.45) is 2.92. The van der Waals surface area contributed by atoms with Crippen molar-refractivity contribution in [3.8, 4) is 0 Å². The minimum absolute atomic E-state index is 0.433. The topological polar surface area (TPSA) is 164 Å². The second kappa shape index (κ2) is 6.43. The molecule has 2 rings (SSSR count). The average Bonchev–Trinajstić information content (AvgIpc) is 2.65. The molecule has 17 heavy (non-hydrogen) atoms. The van der Waals surface area contributed by atoms with E-state index in [2.05, 4.69) is 24.2 Å². The molecule has 2 aromatic heterocycles. The molecule has 2 unspecified atom stereocenters. The molecule has 2 atom stereocenters. The molecular weight excluding hydrogens is 272 g/mol. The molecule has 0 aromatic carbocycles. The van der Waals surface area contributed by atoms with E-state index in [1.807, 2.05) is 0 Å². The first-order chi connectivity index (χ1) is 8.00. The van der Waals surface area contributed by atoms with E-state index in [1.165, 1.54) is 12.7 Å². The van der Waals surface area contributed by atoms with Crippen molar-refractivity contribution >= 4 is 33.5 Å². The number of aromatic nitrogens is 4. The Hall–Kier alpha value is -1.31. The third-order valence-corrected chi connectivity index (χ3v) is 2.82. The quantitative estimate of drug-likeness (QED) is 0.540. The molecule has 2 aromatic rings. The molecule has 0 aliphatic heterocycles. The summed E-state index contributed by atoms with van der Waals surface area (Å²) in [6.45, 7) is 0. The first kappa shape index (κ1) is 13.8. The fourth-order valence-electron chi connectivity index (χ4n) is 0.858. The average molecular weight is 281 g/mol. The number of imidazole rings is 1. The predicted octanol–water partition coefficient (Wildman–Crippen LogP) is -0.298. The van der Waals surface area contributed by atoms with Gasteiger partial charge in [-0.2, -0.15) is 0 Å². The number of hydrogen-bond donors (Lipinski definition) is 4. The molecule has 0 amide bonds. The van der Waals surface area contributed by atoms with Crippen LogP contribution >= 0.6 is 16.5 Å². The van der Waals surface area contributed by atoms with Gasteiger partial charge in [-0.3, -0.25) is 9.13 Å². The maximum atomic E-state index is 9.44. The third kappa shape index (κ3) is 4.59. The molecule has 0 saturated heterocycles. The van der Waals surface area contributed by atoms with E-state index in [-0.39, 0.29) is 0 Å². The predicted molar refractivity (Wildman–Crippen MR) is 59.6 cm³/mol. The molecule has 0 saturated carbocycles.